The van der Waals surface area contributed by atoms with Crippen molar-refractivity contribution in [2.24, 2.45) is 17.6 Å². The zero-order chi connectivity index (χ0) is 15.4. The number of hydrogen-bond acceptors (Lipinski definition) is 2. The molecule has 3 heteroatoms. The van der Waals surface area contributed by atoms with E-state index in [1.54, 1.807) is 12.1 Å². The fraction of sp³-hybridized carbons (Fsp3) is 0.667. The highest BCUT2D eigenvalue weighted by molar-refractivity contribution is 5.30. The number of hydrogen-bond donors (Lipinski definition) is 1. The van der Waals surface area contributed by atoms with E-state index in [0.717, 1.165) is 30.5 Å². The van der Waals surface area contributed by atoms with Gasteiger partial charge in [0.2, 0.25) is 0 Å². The predicted octanol–water partition coefficient (Wildman–Crippen LogP) is 3.89. The summed E-state index contributed by atoms with van der Waals surface area (Å²) >= 11 is 0. The summed E-state index contributed by atoms with van der Waals surface area (Å²) < 4.78 is 13.3. The van der Waals surface area contributed by atoms with Gasteiger partial charge in [-0.25, -0.2) is 4.39 Å². The highest BCUT2D eigenvalue weighted by Gasteiger charge is 2.25. The first-order chi connectivity index (χ1) is 10.0. The fourth-order valence-electron chi connectivity index (χ4n) is 3.61. The lowest BCUT2D eigenvalue weighted by Gasteiger charge is -2.31. The molecule has 2 rings (SSSR count). The SMILES string of the molecule is Cc1cc(F)ccc1C(CN)N1CCCC(C(C)C)CC1. The minimum absolute atomic E-state index is 0.164. The number of nitrogens with zero attached hydrogens (tertiary/aromatic N) is 1. The van der Waals surface area contributed by atoms with Gasteiger partial charge in [-0.2, -0.15) is 0 Å². The highest BCUT2D eigenvalue weighted by atomic mass is 19.1. The standard InChI is InChI=1S/C18H29FN2/c1-13(2)15-5-4-9-21(10-8-15)18(12-20)17-7-6-16(19)11-14(17)3/h6-7,11,13,15,18H,4-5,8-10,12,20H2,1-3H3. The van der Waals surface area contributed by atoms with Crippen molar-refractivity contribution in [3.8, 4) is 0 Å². The van der Waals surface area contributed by atoms with Crippen LogP contribution >= 0.6 is 0 Å². The summed E-state index contributed by atoms with van der Waals surface area (Å²) in [5, 5.41) is 0. The van der Waals surface area contributed by atoms with Gasteiger partial charge < -0.3 is 5.73 Å². The van der Waals surface area contributed by atoms with E-state index in [-0.39, 0.29) is 11.9 Å². The van der Waals surface area contributed by atoms with Crippen molar-refractivity contribution in [2.45, 2.75) is 46.1 Å². The molecule has 0 radical (unpaired) electrons. The van der Waals surface area contributed by atoms with Crippen molar-refractivity contribution in [1.82, 2.24) is 4.90 Å². The van der Waals surface area contributed by atoms with E-state index in [0.29, 0.717) is 6.54 Å². The van der Waals surface area contributed by atoms with Crippen LogP contribution in [0, 0.1) is 24.6 Å². The van der Waals surface area contributed by atoms with Gasteiger partial charge in [0, 0.05) is 12.6 Å². The Hall–Kier alpha value is -0.930. The molecule has 0 bridgehead atoms. The van der Waals surface area contributed by atoms with Gasteiger partial charge in [-0.05, 0) is 74.4 Å². The molecule has 1 fully saturated rings. The van der Waals surface area contributed by atoms with Crippen LogP contribution in [0.4, 0.5) is 4.39 Å². The second kappa shape index (κ2) is 7.37. The Labute approximate surface area is 128 Å². The van der Waals surface area contributed by atoms with Crippen LogP contribution in [0.3, 0.4) is 0 Å². The molecule has 0 spiro atoms. The molecule has 0 aliphatic carbocycles. The summed E-state index contributed by atoms with van der Waals surface area (Å²) in [4.78, 5) is 2.50. The van der Waals surface area contributed by atoms with E-state index in [4.69, 9.17) is 5.73 Å². The molecular formula is C18H29FN2. The van der Waals surface area contributed by atoms with Crippen LogP contribution in [0.2, 0.25) is 0 Å². The van der Waals surface area contributed by atoms with E-state index in [9.17, 15) is 4.39 Å². The van der Waals surface area contributed by atoms with Crippen LogP contribution in [0.15, 0.2) is 18.2 Å². The molecule has 0 aromatic heterocycles. The normalized spacial score (nSPS) is 22.3. The first-order valence-electron chi connectivity index (χ1n) is 8.23. The topological polar surface area (TPSA) is 29.3 Å². The number of aryl methyl sites for hydroxylation is 1. The maximum Gasteiger partial charge on any atom is 0.123 e. The van der Waals surface area contributed by atoms with Gasteiger partial charge in [0.05, 0.1) is 0 Å². The van der Waals surface area contributed by atoms with Gasteiger partial charge >= 0.3 is 0 Å². The van der Waals surface area contributed by atoms with E-state index in [1.807, 2.05) is 13.0 Å². The Morgan fingerprint density at radius 1 is 1.29 bits per heavy atom. The zero-order valence-corrected chi connectivity index (χ0v) is 13.6. The van der Waals surface area contributed by atoms with Crippen molar-refractivity contribution < 1.29 is 4.39 Å². The van der Waals surface area contributed by atoms with E-state index in [1.165, 1.54) is 24.8 Å². The Kier molecular flexibility index (Phi) is 5.77. The second-order valence-corrected chi connectivity index (χ2v) is 6.72. The monoisotopic (exact) mass is 292 g/mol. The number of rotatable bonds is 4. The minimum Gasteiger partial charge on any atom is -0.329 e. The average Bonchev–Trinajstić information content (AvgIpc) is 2.68. The van der Waals surface area contributed by atoms with Gasteiger partial charge in [0.15, 0.2) is 0 Å². The third-order valence-corrected chi connectivity index (χ3v) is 5.01. The van der Waals surface area contributed by atoms with Crippen LogP contribution in [0.25, 0.3) is 0 Å². The predicted molar refractivity (Wildman–Crippen MR) is 86.7 cm³/mol. The van der Waals surface area contributed by atoms with E-state index >= 15 is 0 Å². The number of halogens is 1. The second-order valence-electron chi connectivity index (χ2n) is 6.72. The summed E-state index contributed by atoms with van der Waals surface area (Å²) in [6.45, 7) is 9.42. The van der Waals surface area contributed by atoms with Crippen molar-refractivity contribution in [1.29, 1.82) is 0 Å². The number of benzene rings is 1. The first kappa shape index (κ1) is 16.4. The molecule has 1 aromatic carbocycles. The van der Waals surface area contributed by atoms with Crippen LogP contribution in [-0.4, -0.2) is 24.5 Å². The zero-order valence-electron chi connectivity index (χ0n) is 13.6. The molecule has 118 valence electrons. The molecule has 21 heavy (non-hydrogen) atoms. The molecule has 1 aliphatic heterocycles. The average molecular weight is 292 g/mol. The molecular weight excluding hydrogens is 263 g/mol. The maximum atomic E-state index is 13.3. The lowest BCUT2D eigenvalue weighted by Crippen LogP contribution is -2.35. The highest BCUT2D eigenvalue weighted by Crippen LogP contribution is 2.30. The van der Waals surface area contributed by atoms with Gasteiger partial charge in [-0.1, -0.05) is 19.9 Å². The molecule has 2 atom stereocenters. The van der Waals surface area contributed by atoms with Crippen molar-refractivity contribution in [3.63, 3.8) is 0 Å². The fourth-order valence-corrected chi connectivity index (χ4v) is 3.61. The third kappa shape index (κ3) is 4.04. The Morgan fingerprint density at radius 3 is 2.67 bits per heavy atom. The lowest BCUT2D eigenvalue weighted by atomic mass is 9.89. The van der Waals surface area contributed by atoms with Crippen molar-refractivity contribution in [2.75, 3.05) is 19.6 Å². The molecule has 2 N–H and O–H groups in total. The van der Waals surface area contributed by atoms with Crippen LogP contribution in [-0.2, 0) is 0 Å². The van der Waals surface area contributed by atoms with Crippen LogP contribution in [0.1, 0.15) is 50.3 Å². The Balaban J connectivity index is 2.13. The summed E-state index contributed by atoms with van der Waals surface area (Å²) in [5.74, 6) is 1.42. The van der Waals surface area contributed by atoms with E-state index < -0.39 is 0 Å². The smallest absolute Gasteiger partial charge is 0.123 e. The largest absolute Gasteiger partial charge is 0.329 e. The molecule has 1 heterocycles. The Morgan fingerprint density at radius 2 is 2.05 bits per heavy atom. The van der Waals surface area contributed by atoms with Gasteiger partial charge in [0.1, 0.15) is 5.82 Å². The van der Waals surface area contributed by atoms with Crippen LogP contribution in [0.5, 0.6) is 0 Å². The minimum atomic E-state index is -0.164. The molecule has 1 saturated heterocycles. The molecule has 1 aliphatic rings. The summed E-state index contributed by atoms with van der Waals surface area (Å²) in [6, 6.07) is 5.30. The summed E-state index contributed by atoms with van der Waals surface area (Å²) in [7, 11) is 0. The van der Waals surface area contributed by atoms with E-state index in [2.05, 4.69) is 18.7 Å². The quantitative estimate of drug-likeness (QED) is 0.912. The number of likely N-dealkylation sites (tertiary alicyclic amines) is 1. The molecule has 2 unspecified atom stereocenters. The third-order valence-electron chi connectivity index (χ3n) is 5.01. The molecule has 2 nitrogen and oxygen atoms in total. The Bertz CT molecular complexity index is 459. The van der Waals surface area contributed by atoms with Gasteiger partial charge in [0.25, 0.3) is 0 Å². The van der Waals surface area contributed by atoms with Crippen molar-refractivity contribution >= 4 is 0 Å². The maximum absolute atomic E-state index is 13.3. The number of nitrogens with two attached hydrogens (primary N) is 1. The van der Waals surface area contributed by atoms with Crippen molar-refractivity contribution in [3.05, 3.63) is 35.1 Å². The molecule has 0 saturated carbocycles. The lowest BCUT2D eigenvalue weighted by molar-refractivity contribution is 0.203. The molecule has 1 aromatic rings. The van der Waals surface area contributed by atoms with Crippen LogP contribution < -0.4 is 5.73 Å². The first-order valence-corrected chi connectivity index (χ1v) is 8.23. The van der Waals surface area contributed by atoms with Gasteiger partial charge in [-0.15, -0.1) is 0 Å². The summed E-state index contributed by atoms with van der Waals surface area (Å²) in [5.41, 5.74) is 8.24. The van der Waals surface area contributed by atoms with Gasteiger partial charge in [-0.3, -0.25) is 4.90 Å². The summed E-state index contributed by atoms with van der Waals surface area (Å²) in [6.07, 6.45) is 3.79. The molecule has 0 amide bonds.